The number of aromatic nitrogens is 3. The van der Waals surface area contributed by atoms with Crippen LogP contribution in [0.15, 0.2) is 22.7 Å². The molecule has 3 amide bonds. The maximum Gasteiger partial charge on any atom is 0.318 e. The van der Waals surface area contributed by atoms with Crippen molar-refractivity contribution >= 4 is 35.0 Å². The molecule has 3 N–H and O–H groups in total. The van der Waals surface area contributed by atoms with Gasteiger partial charge in [-0.15, -0.1) is 21.5 Å². The van der Waals surface area contributed by atoms with Gasteiger partial charge in [0.05, 0.1) is 5.25 Å². The molecule has 0 saturated heterocycles. The quantitative estimate of drug-likeness (QED) is 0.803. The number of carbonyl (C=O) groups is 2. The second-order valence-corrected chi connectivity index (χ2v) is 6.67. The van der Waals surface area contributed by atoms with E-state index in [1.807, 2.05) is 34.4 Å². The molecule has 2 aromatic rings. The molecule has 0 unspecified atom stereocenters. The summed E-state index contributed by atoms with van der Waals surface area (Å²) >= 11 is 2.88. The first-order valence-corrected chi connectivity index (χ1v) is 7.91. The Morgan fingerprint density at radius 2 is 2.29 bits per heavy atom. The smallest absolute Gasteiger partial charge is 0.318 e. The third kappa shape index (κ3) is 4.05. The second kappa shape index (κ2) is 6.72. The van der Waals surface area contributed by atoms with E-state index in [4.69, 9.17) is 5.73 Å². The monoisotopic (exact) mass is 325 g/mol. The van der Waals surface area contributed by atoms with Gasteiger partial charge in [0.15, 0.2) is 5.16 Å². The summed E-state index contributed by atoms with van der Waals surface area (Å²) in [4.78, 5) is 23.5. The Morgan fingerprint density at radius 1 is 1.52 bits per heavy atom. The summed E-state index contributed by atoms with van der Waals surface area (Å²) in [7, 11) is 1.85. The van der Waals surface area contributed by atoms with Crippen LogP contribution in [0.1, 0.15) is 17.6 Å². The minimum absolute atomic E-state index is 0.449. The highest BCUT2D eigenvalue weighted by Gasteiger charge is 2.19. The van der Waals surface area contributed by atoms with Crippen molar-refractivity contribution in [3.05, 3.63) is 28.2 Å². The molecule has 0 aliphatic heterocycles. The SMILES string of the molecule is C[C@@H](Sc1nnc(Cc2cccs2)n1C)C(=O)NC(N)=O. The van der Waals surface area contributed by atoms with E-state index in [1.54, 1.807) is 18.3 Å². The van der Waals surface area contributed by atoms with E-state index in [1.165, 1.54) is 16.6 Å². The molecule has 2 rings (SSSR count). The van der Waals surface area contributed by atoms with Crippen LogP contribution in [-0.2, 0) is 18.3 Å². The summed E-state index contributed by atoms with van der Waals surface area (Å²) in [6.45, 7) is 1.68. The number of thioether (sulfide) groups is 1. The maximum atomic E-state index is 11.6. The van der Waals surface area contributed by atoms with Gasteiger partial charge >= 0.3 is 6.03 Å². The Bertz CT molecular complexity index is 638. The van der Waals surface area contributed by atoms with E-state index in [2.05, 4.69) is 10.2 Å². The van der Waals surface area contributed by atoms with E-state index in [-0.39, 0.29) is 0 Å². The minimum Gasteiger partial charge on any atom is -0.351 e. The van der Waals surface area contributed by atoms with Crippen molar-refractivity contribution in [1.82, 2.24) is 20.1 Å². The summed E-state index contributed by atoms with van der Waals surface area (Å²) in [5.74, 6) is 0.373. The largest absolute Gasteiger partial charge is 0.351 e. The highest BCUT2D eigenvalue weighted by molar-refractivity contribution is 8.00. The number of imide groups is 1. The predicted molar refractivity (Wildman–Crippen MR) is 81.2 cm³/mol. The van der Waals surface area contributed by atoms with Crippen LogP contribution >= 0.6 is 23.1 Å². The van der Waals surface area contributed by atoms with Gasteiger partial charge in [-0.05, 0) is 18.4 Å². The molecular formula is C12H15N5O2S2. The van der Waals surface area contributed by atoms with E-state index in [0.717, 1.165) is 5.82 Å². The van der Waals surface area contributed by atoms with Gasteiger partial charge in [-0.2, -0.15) is 0 Å². The Kier molecular flexibility index (Phi) is 4.97. The van der Waals surface area contributed by atoms with Crippen molar-refractivity contribution in [3.8, 4) is 0 Å². The summed E-state index contributed by atoms with van der Waals surface area (Å²) < 4.78 is 1.85. The molecule has 0 aliphatic carbocycles. The van der Waals surface area contributed by atoms with E-state index in [9.17, 15) is 9.59 Å². The molecular weight excluding hydrogens is 310 g/mol. The van der Waals surface area contributed by atoms with Crippen LogP contribution in [-0.4, -0.2) is 32.0 Å². The topological polar surface area (TPSA) is 103 Å². The van der Waals surface area contributed by atoms with Gasteiger partial charge in [0, 0.05) is 18.3 Å². The van der Waals surface area contributed by atoms with Gasteiger partial charge in [0.25, 0.3) is 0 Å². The van der Waals surface area contributed by atoms with Crippen molar-refractivity contribution in [2.45, 2.75) is 23.8 Å². The zero-order valence-electron chi connectivity index (χ0n) is 11.6. The molecule has 0 bridgehead atoms. The molecule has 0 aliphatic rings. The first-order chi connectivity index (χ1) is 9.97. The van der Waals surface area contributed by atoms with Crippen molar-refractivity contribution in [3.63, 3.8) is 0 Å². The van der Waals surface area contributed by atoms with Gasteiger partial charge in [0.1, 0.15) is 5.82 Å². The summed E-state index contributed by atoms with van der Waals surface area (Å²) in [5, 5.41) is 12.4. The maximum absolute atomic E-state index is 11.6. The average Bonchev–Trinajstić information content (AvgIpc) is 3.03. The predicted octanol–water partition coefficient (Wildman–Crippen LogP) is 1.14. The molecule has 0 saturated carbocycles. The first-order valence-electron chi connectivity index (χ1n) is 6.15. The number of thiophene rings is 1. The third-order valence-electron chi connectivity index (χ3n) is 2.74. The highest BCUT2D eigenvalue weighted by atomic mass is 32.2. The Morgan fingerprint density at radius 3 is 2.90 bits per heavy atom. The molecule has 7 nitrogen and oxygen atoms in total. The van der Waals surface area contributed by atoms with Crippen LogP contribution in [0.5, 0.6) is 0 Å². The fraction of sp³-hybridized carbons (Fsp3) is 0.333. The molecule has 0 spiro atoms. The molecule has 1 atom stereocenters. The molecule has 0 aromatic carbocycles. The number of hydrogen-bond acceptors (Lipinski definition) is 6. The zero-order valence-corrected chi connectivity index (χ0v) is 13.2. The van der Waals surface area contributed by atoms with Crippen LogP contribution in [0.3, 0.4) is 0 Å². The average molecular weight is 325 g/mol. The Labute approximate surface area is 129 Å². The molecule has 21 heavy (non-hydrogen) atoms. The number of urea groups is 1. The fourth-order valence-electron chi connectivity index (χ4n) is 1.61. The number of carbonyl (C=O) groups excluding carboxylic acids is 2. The van der Waals surface area contributed by atoms with Gasteiger partial charge in [-0.3, -0.25) is 10.1 Å². The number of nitrogens with zero attached hydrogens (tertiary/aromatic N) is 3. The van der Waals surface area contributed by atoms with Crippen LogP contribution in [0.2, 0.25) is 0 Å². The number of nitrogens with one attached hydrogen (secondary N) is 1. The first kappa shape index (κ1) is 15.5. The van der Waals surface area contributed by atoms with Crippen molar-refractivity contribution in [1.29, 1.82) is 0 Å². The summed E-state index contributed by atoms with van der Waals surface area (Å²) in [6.07, 6.45) is 0.698. The number of amides is 3. The molecule has 2 heterocycles. The standard InChI is InChI=1S/C12H15N5O2S2/c1-7(10(18)14-11(13)19)21-12-16-15-9(17(12)2)6-8-4-3-5-20-8/h3-5,7H,6H2,1-2H3,(H3,13,14,18,19)/t7-/m1/s1. The van der Waals surface area contributed by atoms with E-state index < -0.39 is 17.2 Å². The number of nitrogens with two attached hydrogens (primary N) is 1. The van der Waals surface area contributed by atoms with Gasteiger partial charge in [-0.25, -0.2) is 4.79 Å². The van der Waals surface area contributed by atoms with Crippen molar-refractivity contribution in [2.75, 3.05) is 0 Å². The lowest BCUT2D eigenvalue weighted by molar-refractivity contribution is -0.119. The fourth-order valence-corrected chi connectivity index (χ4v) is 3.14. The van der Waals surface area contributed by atoms with E-state index in [0.29, 0.717) is 11.6 Å². The van der Waals surface area contributed by atoms with E-state index >= 15 is 0 Å². The second-order valence-electron chi connectivity index (χ2n) is 4.33. The third-order valence-corrected chi connectivity index (χ3v) is 4.75. The number of rotatable bonds is 5. The van der Waals surface area contributed by atoms with Crippen LogP contribution in [0.25, 0.3) is 0 Å². The van der Waals surface area contributed by atoms with Crippen LogP contribution in [0.4, 0.5) is 4.79 Å². The molecule has 0 radical (unpaired) electrons. The Balaban J connectivity index is 2.03. The number of primary amides is 1. The van der Waals surface area contributed by atoms with Crippen LogP contribution < -0.4 is 11.1 Å². The van der Waals surface area contributed by atoms with Crippen molar-refractivity contribution in [2.24, 2.45) is 12.8 Å². The van der Waals surface area contributed by atoms with Crippen LogP contribution in [0, 0.1) is 0 Å². The molecule has 0 fully saturated rings. The lowest BCUT2D eigenvalue weighted by Gasteiger charge is -2.09. The highest BCUT2D eigenvalue weighted by Crippen LogP contribution is 2.23. The lowest BCUT2D eigenvalue weighted by Crippen LogP contribution is -2.39. The van der Waals surface area contributed by atoms with Gasteiger partial charge < -0.3 is 10.3 Å². The summed E-state index contributed by atoms with van der Waals surface area (Å²) in [5.41, 5.74) is 4.92. The molecule has 112 valence electrons. The zero-order chi connectivity index (χ0) is 15.4. The normalized spacial score (nSPS) is 12.1. The lowest BCUT2D eigenvalue weighted by atomic mass is 10.3. The molecule has 2 aromatic heterocycles. The Hall–Kier alpha value is -1.87. The summed E-state index contributed by atoms with van der Waals surface area (Å²) in [6, 6.07) is 3.17. The number of hydrogen-bond donors (Lipinski definition) is 2. The van der Waals surface area contributed by atoms with Gasteiger partial charge in [-0.1, -0.05) is 17.8 Å². The molecule has 9 heteroatoms. The van der Waals surface area contributed by atoms with Gasteiger partial charge in [0.2, 0.25) is 5.91 Å². The minimum atomic E-state index is -0.858. The van der Waals surface area contributed by atoms with Crippen molar-refractivity contribution < 1.29 is 9.59 Å².